The Kier molecular flexibility index (Phi) is 6.80. The third kappa shape index (κ3) is 5.49. The lowest BCUT2D eigenvalue weighted by molar-refractivity contribution is 0.111. The second-order valence-electron chi connectivity index (χ2n) is 5.60. The highest BCUT2D eigenvalue weighted by Crippen LogP contribution is 2.38. The molecule has 1 heterocycles. The summed E-state index contributed by atoms with van der Waals surface area (Å²) in [6, 6.07) is 4.13. The van der Waals surface area contributed by atoms with E-state index in [4.69, 9.17) is 14.2 Å². The van der Waals surface area contributed by atoms with Crippen molar-refractivity contribution in [3.05, 3.63) is 22.2 Å². The van der Waals surface area contributed by atoms with E-state index < -0.39 is 0 Å². The Morgan fingerprint density at radius 1 is 1.29 bits per heavy atom. The lowest BCUT2D eigenvalue weighted by atomic mass is 10.2. The zero-order chi connectivity index (χ0) is 15.1. The van der Waals surface area contributed by atoms with Crippen LogP contribution < -0.4 is 14.8 Å². The summed E-state index contributed by atoms with van der Waals surface area (Å²) in [6.45, 7) is 8.92. The number of fused-ring (bicyclic) bond motifs is 1. The summed E-state index contributed by atoms with van der Waals surface area (Å²) in [5.74, 6) is 2.23. The van der Waals surface area contributed by atoms with Gasteiger partial charge in [-0.1, -0.05) is 13.8 Å². The average molecular weight is 358 g/mol. The van der Waals surface area contributed by atoms with Gasteiger partial charge >= 0.3 is 0 Å². The van der Waals surface area contributed by atoms with E-state index in [1.54, 1.807) is 0 Å². The van der Waals surface area contributed by atoms with Gasteiger partial charge in [0.1, 0.15) is 0 Å². The number of nitrogens with one attached hydrogen (secondary N) is 1. The molecule has 21 heavy (non-hydrogen) atoms. The van der Waals surface area contributed by atoms with Crippen molar-refractivity contribution in [1.82, 2.24) is 5.32 Å². The first-order valence-corrected chi connectivity index (χ1v) is 8.32. The first-order chi connectivity index (χ1) is 10.2. The molecule has 0 saturated heterocycles. The Morgan fingerprint density at radius 2 is 2.10 bits per heavy atom. The highest BCUT2D eigenvalue weighted by atomic mass is 79.9. The Bertz CT molecular complexity index is 451. The van der Waals surface area contributed by atoms with Gasteiger partial charge in [0.05, 0.1) is 24.3 Å². The molecule has 118 valence electrons. The van der Waals surface area contributed by atoms with Crippen LogP contribution in [0.4, 0.5) is 0 Å². The molecule has 0 radical (unpaired) electrons. The van der Waals surface area contributed by atoms with E-state index in [1.165, 1.54) is 5.56 Å². The molecule has 0 amide bonds. The topological polar surface area (TPSA) is 39.7 Å². The summed E-state index contributed by atoms with van der Waals surface area (Å²) < 4.78 is 17.9. The summed E-state index contributed by atoms with van der Waals surface area (Å²) in [4.78, 5) is 0. The maximum Gasteiger partial charge on any atom is 0.175 e. The van der Waals surface area contributed by atoms with Gasteiger partial charge in [-0.15, -0.1) is 0 Å². The number of rotatable bonds is 7. The maximum atomic E-state index is 5.73. The molecule has 0 aliphatic carbocycles. The van der Waals surface area contributed by atoms with E-state index in [2.05, 4.69) is 41.2 Å². The van der Waals surface area contributed by atoms with Crippen molar-refractivity contribution in [2.45, 2.75) is 26.8 Å². The summed E-state index contributed by atoms with van der Waals surface area (Å²) in [7, 11) is 0. The normalized spacial score (nSPS) is 14.3. The SMILES string of the molecule is CC(C)COCCNCc1cc(Br)c2c(c1)OCCCO2. The van der Waals surface area contributed by atoms with Gasteiger partial charge in [-0.25, -0.2) is 0 Å². The molecule has 0 saturated carbocycles. The Morgan fingerprint density at radius 3 is 2.90 bits per heavy atom. The molecule has 0 atom stereocenters. The van der Waals surface area contributed by atoms with E-state index in [9.17, 15) is 0 Å². The van der Waals surface area contributed by atoms with Gasteiger partial charge in [0.25, 0.3) is 0 Å². The molecule has 1 aliphatic heterocycles. The number of hydrogen-bond donors (Lipinski definition) is 1. The molecule has 1 aliphatic rings. The first kappa shape index (κ1) is 16.6. The molecule has 0 unspecified atom stereocenters. The second kappa shape index (κ2) is 8.61. The van der Waals surface area contributed by atoms with E-state index >= 15 is 0 Å². The highest BCUT2D eigenvalue weighted by molar-refractivity contribution is 9.10. The van der Waals surface area contributed by atoms with Gasteiger partial charge < -0.3 is 19.5 Å². The number of halogens is 1. The van der Waals surface area contributed by atoms with Crippen LogP contribution in [0.1, 0.15) is 25.8 Å². The standard InChI is InChI=1S/C16H24BrNO3/c1-12(2)11-19-7-4-18-10-13-8-14(17)16-15(9-13)20-5-3-6-21-16/h8-9,12,18H,3-7,10-11H2,1-2H3. The molecule has 0 spiro atoms. The van der Waals surface area contributed by atoms with Gasteiger partial charge in [0.15, 0.2) is 11.5 Å². The third-order valence-electron chi connectivity index (χ3n) is 3.07. The smallest absolute Gasteiger partial charge is 0.175 e. The molecule has 1 N–H and O–H groups in total. The third-order valence-corrected chi connectivity index (χ3v) is 3.65. The molecule has 2 rings (SSSR count). The zero-order valence-electron chi connectivity index (χ0n) is 12.8. The fourth-order valence-electron chi connectivity index (χ4n) is 2.08. The number of benzene rings is 1. The first-order valence-electron chi connectivity index (χ1n) is 7.53. The fraction of sp³-hybridized carbons (Fsp3) is 0.625. The maximum absolute atomic E-state index is 5.73. The van der Waals surface area contributed by atoms with Gasteiger partial charge in [0.2, 0.25) is 0 Å². The molecule has 4 nitrogen and oxygen atoms in total. The van der Waals surface area contributed by atoms with Crippen LogP contribution in [-0.2, 0) is 11.3 Å². The minimum Gasteiger partial charge on any atom is -0.490 e. The summed E-state index contributed by atoms with van der Waals surface area (Å²) >= 11 is 3.56. The van der Waals surface area contributed by atoms with E-state index in [-0.39, 0.29) is 0 Å². The monoisotopic (exact) mass is 357 g/mol. The molecular weight excluding hydrogens is 334 g/mol. The van der Waals surface area contributed by atoms with Gasteiger partial charge in [-0.05, 0) is 39.5 Å². The predicted molar refractivity (Wildman–Crippen MR) is 87.1 cm³/mol. The van der Waals surface area contributed by atoms with Crippen molar-refractivity contribution in [1.29, 1.82) is 0 Å². The molecule has 0 aromatic heterocycles. The van der Waals surface area contributed by atoms with Crippen LogP contribution in [0.3, 0.4) is 0 Å². The largest absolute Gasteiger partial charge is 0.490 e. The summed E-state index contributed by atoms with van der Waals surface area (Å²) in [5, 5.41) is 3.38. The van der Waals surface area contributed by atoms with Crippen molar-refractivity contribution >= 4 is 15.9 Å². The quantitative estimate of drug-likeness (QED) is 0.759. The fourth-order valence-corrected chi connectivity index (χ4v) is 2.69. The van der Waals surface area contributed by atoms with E-state index in [1.807, 2.05) is 6.07 Å². The molecular formula is C16H24BrNO3. The van der Waals surface area contributed by atoms with Crippen molar-refractivity contribution < 1.29 is 14.2 Å². The van der Waals surface area contributed by atoms with Crippen LogP contribution in [0.2, 0.25) is 0 Å². The molecule has 1 aromatic carbocycles. The minimum atomic E-state index is 0.586. The summed E-state index contributed by atoms with van der Waals surface area (Å²) in [6.07, 6.45) is 0.919. The summed E-state index contributed by atoms with van der Waals surface area (Å²) in [5.41, 5.74) is 1.18. The van der Waals surface area contributed by atoms with Crippen LogP contribution in [-0.4, -0.2) is 33.0 Å². The van der Waals surface area contributed by atoms with Gasteiger partial charge in [-0.2, -0.15) is 0 Å². The predicted octanol–water partition coefficient (Wildman–Crippen LogP) is 3.37. The van der Waals surface area contributed by atoms with Gasteiger partial charge in [0, 0.05) is 26.1 Å². The molecule has 0 bridgehead atoms. The van der Waals surface area contributed by atoms with Gasteiger partial charge in [-0.3, -0.25) is 0 Å². The lowest BCUT2D eigenvalue weighted by Crippen LogP contribution is -2.20. The Balaban J connectivity index is 1.81. The Hall–Kier alpha value is -0.780. The number of hydrogen-bond acceptors (Lipinski definition) is 4. The van der Waals surface area contributed by atoms with Crippen molar-refractivity contribution in [2.24, 2.45) is 5.92 Å². The van der Waals surface area contributed by atoms with Crippen molar-refractivity contribution in [3.8, 4) is 11.5 Å². The minimum absolute atomic E-state index is 0.586. The van der Waals surface area contributed by atoms with Crippen LogP contribution in [0, 0.1) is 5.92 Å². The lowest BCUT2D eigenvalue weighted by Gasteiger charge is -2.12. The van der Waals surface area contributed by atoms with E-state index in [0.29, 0.717) is 19.1 Å². The zero-order valence-corrected chi connectivity index (χ0v) is 14.4. The average Bonchev–Trinajstić information content (AvgIpc) is 2.68. The molecule has 1 aromatic rings. The Labute approximate surface area is 135 Å². The van der Waals surface area contributed by atoms with Crippen LogP contribution in [0.15, 0.2) is 16.6 Å². The van der Waals surface area contributed by atoms with Crippen molar-refractivity contribution in [3.63, 3.8) is 0 Å². The van der Waals surface area contributed by atoms with Crippen molar-refractivity contribution in [2.75, 3.05) is 33.0 Å². The highest BCUT2D eigenvalue weighted by Gasteiger charge is 2.15. The van der Waals surface area contributed by atoms with E-state index in [0.717, 1.165) is 48.7 Å². The molecule has 5 heteroatoms. The van der Waals surface area contributed by atoms with Crippen LogP contribution >= 0.6 is 15.9 Å². The van der Waals surface area contributed by atoms with Crippen LogP contribution in [0.25, 0.3) is 0 Å². The number of ether oxygens (including phenoxy) is 3. The van der Waals surface area contributed by atoms with Crippen LogP contribution in [0.5, 0.6) is 11.5 Å². The second-order valence-corrected chi connectivity index (χ2v) is 6.46. The molecule has 0 fully saturated rings.